The summed E-state index contributed by atoms with van der Waals surface area (Å²) in [5, 5.41) is 2.51. The second kappa shape index (κ2) is 3.64. The van der Waals surface area contributed by atoms with Crippen molar-refractivity contribution < 1.29 is 13.6 Å². The minimum Gasteiger partial charge on any atom is -0.355 e. The molecular weight excluding hydrogens is 152 g/mol. The normalized spacial score (nSPS) is 30.5. The Bertz CT molecular complexity index is 151. The van der Waals surface area contributed by atoms with E-state index >= 15 is 0 Å². The third kappa shape index (κ3) is 1.67. The number of alkyl halides is 2. The molecule has 64 valence electrons. The Kier molecular flexibility index (Phi) is 2.79. The van der Waals surface area contributed by atoms with E-state index in [4.69, 9.17) is 0 Å². The highest BCUT2D eigenvalue weighted by molar-refractivity contribution is 5.81. The average molecular weight is 163 g/mol. The van der Waals surface area contributed by atoms with Crippen molar-refractivity contribution in [2.24, 2.45) is 11.8 Å². The Morgan fingerprint density at radius 3 is 2.82 bits per heavy atom. The molecule has 2 unspecified atom stereocenters. The van der Waals surface area contributed by atoms with Crippen molar-refractivity contribution in [1.82, 2.24) is 5.32 Å². The molecule has 0 aromatic carbocycles. The highest BCUT2D eigenvalue weighted by Crippen LogP contribution is 2.21. The SMILES string of the molecule is O=C1NCC(CCF)C1CF. The van der Waals surface area contributed by atoms with Gasteiger partial charge in [0.1, 0.15) is 6.67 Å². The van der Waals surface area contributed by atoms with Gasteiger partial charge in [-0.1, -0.05) is 0 Å². The second-order valence-corrected chi connectivity index (χ2v) is 2.74. The quantitative estimate of drug-likeness (QED) is 0.651. The maximum absolute atomic E-state index is 12.1. The molecule has 1 saturated heterocycles. The number of halogens is 2. The molecule has 0 aromatic rings. The molecule has 11 heavy (non-hydrogen) atoms. The van der Waals surface area contributed by atoms with Crippen LogP contribution in [0.15, 0.2) is 0 Å². The molecule has 1 amide bonds. The monoisotopic (exact) mass is 163 g/mol. The highest BCUT2D eigenvalue weighted by atomic mass is 19.1. The first-order valence-electron chi connectivity index (χ1n) is 3.69. The zero-order chi connectivity index (χ0) is 8.27. The van der Waals surface area contributed by atoms with E-state index in [9.17, 15) is 13.6 Å². The largest absolute Gasteiger partial charge is 0.355 e. The van der Waals surface area contributed by atoms with Gasteiger partial charge < -0.3 is 5.32 Å². The van der Waals surface area contributed by atoms with Crippen molar-refractivity contribution in [3.63, 3.8) is 0 Å². The van der Waals surface area contributed by atoms with E-state index in [1.807, 2.05) is 0 Å². The first-order valence-corrected chi connectivity index (χ1v) is 3.69. The van der Waals surface area contributed by atoms with Crippen molar-refractivity contribution in [3.8, 4) is 0 Å². The van der Waals surface area contributed by atoms with Gasteiger partial charge in [-0.05, 0) is 12.3 Å². The van der Waals surface area contributed by atoms with Gasteiger partial charge in [-0.25, -0.2) is 0 Å². The topological polar surface area (TPSA) is 29.1 Å². The Balaban J connectivity index is 2.47. The number of hydrogen-bond acceptors (Lipinski definition) is 1. The third-order valence-corrected chi connectivity index (χ3v) is 2.09. The molecule has 1 heterocycles. The van der Waals surface area contributed by atoms with Gasteiger partial charge in [-0.2, -0.15) is 0 Å². The summed E-state index contributed by atoms with van der Waals surface area (Å²) in [5.41, 5.74) is 0. The zero-order valence-corrected chi connectivity index (χ0v) is 6.15. The molecular formula is C7H11F2NO. The Morgan fingerprint density at radius 1 is 1.55 bits per heavy atom. The molecule has 0 bridgehead atoms. The van der Waals surface area contributed by atoms with Crippen LogP contribution in [0.25, 0.3) is 0 Å². The van der Waals surface area contributed by atoms with E-state index in [1.165, 1.54) is 0 Å². The summed E-state index contributed by atoms with van der Waals surface area (Å²) in [6.07, 6.45) is 0.285. The molecule has 0 saturated carbocycles. The standard InChI is InChI=1S/C7H11F2NO/c8-2-1-5-4-10-7(11)6(5)3-9/h5-6H,1-4H2,(H,10,11). The Morgan fingerprint density at radius 2 is 2.27 bits per heavy atom. The average Bonchev–Trinajstić information content (AvgIpc) is 2.33. The van der Waals surface area contributed by atoms with E-state index in [0.717, 1.165) is 0 Å². The number of hydrogen-bond donors (Lipinski definition) is 1. The van der Waals surface area contributed by atoms with Crippen LogP contribution in [0.4, 0.5) is 8.78 Å². The number of rotatable bonds is 3. The molecule has 1 rings (SSSR count). The lowest BCUT2D eigenvalue weighted by molar-refractivity contribution is -0.123. The van der Waals surface area contributed by atoms with Gasteiger partial charge in [0.05, 0.1) is 12.6 Å². The van der Waals surface area contributed by atoms with Crippen LogP contribution in [-0.4, -0.2) is 25.8 Å². The summed E-state index contributed by atoms with van der Waals surface area (Å²) in [4.78, 5) is 10.8. The first-order chi connectivity index (χ1) is 5.29. The van der Waals surface area contributed by atoms with Crippen LogP contribution in [-0.2, 0) is 4.79 Å². The maximum Gasteiger partial charge on any atom is 0.226 e. The minimum absolute atomic E-state index is 0.141. The highest BCUT2D eigenvalue weighted by Gasteiger charge is 2.33. The molecule has 0 aliphatic carbocycles. The van der Waals surface area contributed by atoms with Crippen LogP contribution in [0.2, 0.25) is 0 Å². The van der Waals surface area contributed by atoms with Crippen LogP contribution in [0.1, 0.15) is 6.42 Å². The summed E-state index contributed by atoms with van der Waals surface area (Å²) in [6.45, 7) is -0.718. The molecule has 2 nitrogen and oxygen atoms in total. The van der Waals surface area contributed by atoms with Crippen molar-refractivity contribution in [1.29, 1.82) is 0 Å². The fraction of sp³-hybridized carbons (Fsp3) is 0.857. The fourth-order valence-corrected chi connectivity index (χ4v) is 1.36. The molecule has 0 aromatic heterocycles. The van der Waals surface area contributed by atoms with E-state index in [1.54, 1.807) is 0 Å². The summed E-state index contributed by atoms with van der Waals surface area (Å²) < 4.78 is 24.0. The molecule has 1 aliphatic rings. The molecule has 0 spiro atoms. The first kappa shape index (κ1) is 8.43. The van der Waals surface area contributed by atoms with Crippen molar-refractivity contribution in [3.05, 3.63) is 0 Å². The molecule has 2 atom stereocenters. The van der Waals surface area contributed by atoms with Crippen LogP contribution in [0.3, 0.4) is 0 Å². The predicted octanol–water partition coefficient (Wildman–Crippen LogP) is 0.678. The van der Waals surface area contributed by atoms with Crippen LogP contribution < -0.4 is 5.32 Å². The maximum atomic E-state index is 12.1. The molecule has 1 fully saturated rings. The molecule has 0 radical (unpaired) electrons. The fourth-order valence-electron chi connectivity index (χ4n) is 1.36. The molecule has 1 N–H and O–H groups in total. The number of amides is 1. The zero-order valence-electron chi connectivity index (χ0n) is 6.15. The summed E-state index contributed by atoms with van der Waals surface area (Å²) in [7, 11) is 0. The lowest BCUT2D eigenvalue weighted by atomic mass is 9.94. The van der Waals surface area contributed by atoms with Gasteiger partial charge >= 0.3 is 0 Å². The van der Waals surface area contributed by atoms with Crippen LogP contribution in [0.5, 0.6) is 0 Å². The van der Waals surface area contributed by atoms with Gasteiger partial charge in [-0.15, -0.1) is 0 Å². The van der Waals surface area contributed by atoms with E-state index in [2.05, 4.69) is 5.32 Å². The van der Waals surface area contributed by atoms with E-state index in [0.29, 0.717) is 6.54 Å². The number of carbonyl (C=O) groups is 1. The van der Waals surface area contributed by atoms with Gasteiger partial charge in [-0.3, -0.25) is 13.6 Å². The number of nitrogens with one attached hydrogen (secondary N) is 1. The van der Waals surface area contributed by atoms with Crippen LogP contribution >= 0.6 is 0 Å². The van der Waals surface area contributed by atoms with Crippen molar-refractivity contribution >= 4 is 5.91 Å². The lowest BCUT2D eigenvalue weighted by Crippen LogP contribution is -2.21. The second-order valence-electron chi connectivity index (χ2n) is 2.74. The van der Waals surface area contributed by atoms with Gasteiger partial charge in [0.15, 0.2) is 0 Å². The lowest BCUT2D eigenvalue weighted by Gasteiger charge is -2.09. The molecule has 4 heteroatoms. The van der Waals surface area contributed by atoms with E-state index in [-0.39, 0.29) is 18.2 Å². The third-order valence-electron chi connectivity index (χ3n) is 2.09. The van der Waals surface area contributed by atoms with Gasteiger partial charge in [0.2, 0.25) is 5.91 Å². The molecule has 1 aliphatic heterocycles. The van der Waals surface area contributed by atoms with Crippen molar-refractivity contribution in [2.75, 3.05) is 19.9 Å². The van der Waals surface area contributed by atoms with Crippen LogP contribution in [0, 0.1) is 11.8 Å². The Hall–Kier alpha value is -0.670. The summed E-state index contributed by atoms with van der Waals surface area (Å²) >= 11 is 0. The predicted molar refractivity (Wildman–Crippen MR) is 36.6 cm³/mol. The van der Waals surface area contributed by atoms with Crippen molar-refractivity contribution in [2.45, 2.75) is 6.42 Å². The van der Waals surface area contributed by atoms with E-state index < -0.39 is 19.3 Å². The Labute approximate surface area is 64.0 Å². The summed E-state index contributed by atoms with van der Waals surface area (Å²) in [6, 6.07) is 0. The van der Waals surface area contributed by atoms with Gasteiger partial charge in [0, 0.05) is 6.54 Å². The number of carbonyl (C=O) groups excluding carboxylic acids is 1. The minimum atomic E-state index is -0.670. The van der Waals surface area contributed by atoms with Gasteiger partial charge in [0.25, 0.3) is 0 Å². The smallest absolute Gasteiger partial charge is 0.226 e. The summed E-state index contributed by atoms with van der Waals surface area (Å²) in [5.74, 6) is -1.02.